The molecule has 0 aliphatic rings. The molecule has 1 aromatic rings. The smallest absolute Gasteiger partial charge is 0.219 e. The predicted octanol–water partition coefficient (Wildman–Crippen LogP) is 1.87. The molecule has 100 valence electrons. The van der Waals surface area contributed by atoms with Crippen LogP contribution in [-0.4, -0.2) is 11.0 Å². The highest BCUT2D eigenvalue weighted by molar-refractivity contribution is 5.74. The van der Waals surface area contributed by atoms with Crippen molar-refractivity contribution in [2.75, 3.05) is 0 Å². The molecular formula is C14H22N2O2. The summed E-state index contributed by atoms with van der Waals surface area (Å²) in [6, 6.07) is 3.23. The third-order valence-corrected chi connectivity index (χ3v) is 2.98. The quantitative estimate of drug-likeness (QED) is 0.765. The van der Waals surface area contributed by atoms with Gasteiger partial charge in [0.1, 0.15) is 5.75 Å². The van der Waals surface area contributed by atoms with Crippen molar-refractivity contribution in [1.29, 1.82) is 0 Å². The lowest BCUT2D eigenvalue weighted by atomic mass is 9.83. The van der Waals surface area contributed by atoms with E-state index in [1.807, 2.05) is 33.8 Å². The maximum absolute atomic E-state index is 10.9. The third-order valence-electron chi connectivity index (χ3n) is 2.98. The van der Waals surface area contributed by atoms with Gasteiger partial charge in [-0.3, -0.25) is 4.79 Å². The fourth-order valence-corrected chi connectivity index (χ4v) is 1.93. The van der Waals surface area contributed by atoms with Gasteiger partial charge in [0, 0.05) is 12.5 Å². The molecule has 0 saturated carbocycles. The Morgan fingerprint density at radius 2 is 1.94 bits per heavy atom. The van der Waals surface area contributed by atoms with Crippen molar-refractivity contribution in [1.82, 2.24) is 0 Å². The molecule has 0 aromatic heterocycles. The molecule has 0 heterocycles. The fourth-order valence-electron chi connectivity index (χ4n) is 1.93. The largest absolute Gasteiger partial charge is 0.507 e. The molecule has 0 fully saturated rings. The number of aromatic hydroxyl groups is 1. The van der Waals surface area contributed by atoms with Gasteiger partial charge in [0.05, 0.1) is 0 Å². The van der Waals surface area contributed by atoms with E-state index < -0.39 is 11.9 Å². The van der Waals surface area contributed by atoms with Crippen LogP contribution in [0.2, 0.25) is 0 Å². The van der Waals surface area contributed by atoms with Gasteiger partial charge in [0.2, 0.25) is 5.91 Å². The minimum atomic E-state index is -0.428. The zero-order valence-corrected chi connectivity index (χ0v) is 11.4. The van der Waals surface area contributed by atoms with Crippen LogP contribution in [0, 0.1) is 6.92 Å². The zero-order valence-electron chi connectivity index (χ0n) is 11.4. The van der Waals surface area contributed by atoms with Gasteiger partial charge in [-0.15, -0.1) is 0 Å². The van der Waals surface area contributed by atoms with Crippen molar-refractivity contribution in [2.45, 2.75) is 45.6 Å². The minimum Gasteiger partial charge on any atom is -0.507 e. The van der Waals surface area contributed by atoms with E-state index >= 15 is 0 Å². The van der Waals surface area contributed by atoms with Crippen molar-refractivity contribution < 1.29 is 9.90 Å². The van der Waals surface area contributed by atoms with Gasteiger partial charge in [0.25, 0.3) is 0 Å². The monoisotopic (exact) mass is 250 g/mol. The van der Waals surface area contributed by atoms with Gasteiger partial charge in [-0.1, -0.05) is 26.8 Å². The molecular weight excluding hydrogens is 228 g/mol. The summed E-state index contributed by atoms with van der Waals surface area (Å²) in [6.07, 6.45) is 0.105. The van der Waals surface area contributed by atoms with E-state index in [-0.39, 0.29) is 17.6 Å². The number of amides is 1. The van der Waals surface area contributed by atoms with Crippen LogP contribution in [-0.2, 0) is 10.2 Å². The second kappa shape index (κ2) is 4.98. The number of rotatable bonds is 3. The number of hydrogen-bond acceptors (Lipinski definition) is 3. The zero-order chi connectivity index (χ0) is 14.1. The molecule has 0 aliphatic carbocycles. The standard InChI is InChI=1S/C14H22N2O2/c1-8-5-9(11(15)7-12(16)17)6-10(13(8)18)14(2,3)4/h5-6,11,18H,7,15H2,1-4H3,(H2,16,17). The Kier molecular flexibility index (Phi) is 4.02. The number of aryl methyl sites for hydroxylation is 1. The summed E-state index contributed by atoms with van der Waals surface area (Å²) >= 11 is 0. The van der Waals surface area contributed by atoms with Crippen molar-refractivity contribution >= 4 is 5.91 Å². The molecule has 0 aliphatic heterocycles. The first-order chi connectivity index (χ1) is 8.12. The van der Waals surface area contributed by atoms with E-state index in [1.165, 1.54) is 0 Å². The molecule has 1 unspecified atom stereocenters. The van der Waals surface area contributed by atoms with Gasteiger partial charge in [-0.2, -0.15) is 0 Å². The fraction of sp³-hybridized carbons (Fsp3) is 0.500. The van der Waals surface area contributed by atoms with Gasteiger partial charge in [-0.25, -0.2) is 0 Å². The summed E-state index contributed by atoms with van der Waals surface area (Å²) in [5, 5.41) is 10.1. The van der Waals surface area contributed by atoms with E-state index in [2.05, 4.69) is 0 Å². The molecule has 0 saturated heterocycles. The number of carbonyl (C=O) groups excluding carboxylic acids is 1. The van der Waals surface area contributed by atoms with E-state index in [9.17, 15) is 9.90 Å². The van der Waals surface area contributed by atoms with E-state index in [0.717, 1.165) is 16.7 Å². The van der Waals surface area contributed by atoms with Crippen LogP contribution in [0.5, 0.6) is 5.75 Å². The average Bonchev–Trinajstić information content (AvgIpc) is 2.18. The van der Waals surface area contributed by atoms with Gasteiger partial charge < -0.3 is 16.6 Å². The SMILES string of the molecule is Cc1cc(C(N)CC(N)=O)cc(C(C)(C)C)c1O. The Balaban J connectivity index is 3.24. The number of nitrogens with two attached hydrogens (primary N) is 2. The lowest BCUT2D eigenvalue weighted by Gasteiger charge is -2.24. The number of phenolic OH excluding ortho intramolecular Hbond substituents is 1. The topological polar surface area (TPSA) is 89.3 Å². The van der Waals surface area contributed by atoms with Crippen LogP contribution >= 0.6 is 0 Å². The Bertz CT molecular complexity index is 462. The number of benzene rings is 1. The van der Waals surface area contributed by atoms with Crippen molar-refractivity contribution in [2.24, 2.45) is 11.5 Å². The lowest BCUT2D eigenvalue weighted by Crippen LogP contribution is -2.21. The van der Waals surface area contributed by atoms with Gasteiger partial charge >= 0.3 is 0 Å². The van der Waals surface area contributed by atoms with E-state index in [1.54, 1.807) is 6.07 Å². The second-order valence-corrected chi connectivity index (χ2v) is 5.76. The highest BCUT2D eigenvalue weighted by Gasteiger charge is 2.22. The number of primary amides is 1. The molecule has 18 heavy (non-hydrogen) atoms. The van der Waals surface area contributed by atoms with Gasteiger partial charge in [-0.05, 0) is 35.1 Å². The van der Waals surface area contributed by atoms with Crippen LogP contribution in [0.4, 0.5) is 0 Å². The Morgan fingerprint density at radius 3 is 2.39 bits per heavy atom. The molecule has 4 nitrogen and oxygen atoms in total. The summed E-state index contributed by atoms with van der Waals surface area (Å²) in [4.78, 5) is 10.9. The van der Waals surface area contributed by atoms with Crippen LogP contribution in [0.3, 0.4) is 0 Å². The molecule has 5 N–H and O–H groups in total. The summed E-state index contributed by atoms with van der Waals surface area (Å²) in [5.74, 6) is -0.136. The summed E-state index contributed by atoms with van der Waals surface area (Å²) in [5.41, 5.74) is 13.3. The summed E-state index contributed by atoms with van der Waals surface area (Å²) in [7, 11) is 0. The van der Waals surface area contributed by atoms with Crippen LogP contribution in [0.25, 0.3) is 0 Å². The molecule has 4 heteroatoms. The molecule has 1 rings (SSSR count). The molecule has 1 atom stereocenters. The number of hydrogen-bond donors (Lipinski definition) is 3. The van der Waals surface area contributed by atoms with Crippen molar-refractivity contribution in [3.63, 3.8) is 0 Å². The molecule has 0 spiro atoms. The normalized spacial score (nSPS) is 13.4. The average molecular weight is 250 g/mol. The van der Waals surface area contributed by atoms with E-state index in [0.29, 0.717) is 0 Å². The second-order valence-electron chi connectivity index (χ2n) is 5.76. The molecule has 0 bridgehead atoms. The van der Waals surface area contributed by atoms with Crippen LogP contribution in [0.15, 0.2) is 12.1 Å². The number of phenols is 1. The first-order valence-electron chi connectivity index (χ1n) is 6.00. The molecule has 0 radical (unpaired) electrons. The molecule has 1 amide bonds. The summed E-state index contributed by atoms with van der Waals surface area (Å²) in [6.45, 7) is 7.88. The third kappa shape index (κ3) is 3.23. The maximum Gasteiger partial charge on any atom is 0.219 e. The van der Waals surface area contributed by atoms with Crippen LogP contribution in [0.1, 0.15) is 49.9 Å². The minimum absolute atomic E-state index is 0.105. The highest BCUT2D eigenvalue weighted by atomic mass is 16.3. The Labute approximate surface area is 108 Å². The maximum atomic E-state index is 10.9. The van der Waals surface area contributed by atoms with Gasteiger partial charge in [0.15, 0.2) is 0 Å². The number of carbonyl (C=O) groups is 1. The summed E-state index contributed by atoms with van der Waals surface area (Å²) < 4.78 is 0. The van der Waals surface area contributed by atoms with E-state index in [4.69, 9.17) is 11.5 Å². The lowest BCUT2D eigenvalue weighted by molar-refractivity contribution is -0.118. The van der Waals surface area contributed by atoms with Crippen molar-refractivity contribution in [3.05, 3.63) is 28.8 Å². The van der Waals surface area contributed by atoms with Crippen molar-refractivity contribution in [3.8, 4) is 5.75 Å². The Hall–Kier alpha value is -1.55. The molecule has 1 aromatic carbocycles. The Morgan fingerprint density at radius 1 is 1.39 bits per heavy atom. The predicted molar refractivity (Wildman–Crippen MR) is 72.3 cm³/mol. The first kappa shape index (κ1) is 14.5. The highest BCUT2D eigenvalue weighted by Crippen LogP contribution is 2.35. The van der Waals surface area contributed by atoms with Crippen LogP contribution < -0.4 is 11.5 Å². The first-order valence-corrected chi connectivity index (χ1v) is 6.00.